The number of rotatable bonds is 9. The highest BCUT2D eigenvalue weighted by Crippen LogP contribution is 2.29. The molecule has 1 fully saturated rings. The van der Waals surface area contributed by atoms with Gasteiger partial charge in [-0.2, -0.15) is 13.2 Å². The summed E-state index contributed by atoms with van der Waals surface area (Å²) >= 11 is 6.08. The first-order valence-electron chi connectivity index (χ1n) is 12.2. The Morgan fingerprint density at radius 1 is 1.18 bits per heavy atom. The monoisotopic (exact) mass is 581 g/mol. The molecule has 0 bridgehead atoms. The van der Waals surface area contributed by atoms with Gasteiger partial charge in [-0.05, 0) is 56.5 Å². The average Bonchev–Trinajstić information content (AvgIpc) is 3.23. The molecule has 4 amide bonds. The van der Waals surface area contributed by atoms with Crippen molar-refractivity contribution in [3.63, 3.8) is 0 Å². The molecule has 2 heterocycles. The van der Waals surface area contributed by atoms with Crippen molar-refractivity contribution < 1.29 is 37.1 Å². The molecule has 0 spiro atoms. The van der Waals surface area contributed by atoms with E-state index in [0.717, 1.165) is 18.3 Å². The van der Waals surface area contributed by atoms with Crippen molar-refractivity contribution in [2.45, 2.75) is 50.9 Å². The van der Waals surface area contributed by atoms with E-state index in [1.54, 1.807) is 6.92 Å². The molecular weight excluding hydrogens is 555 g/mol. The number of hydrogen-bond donors (Lipinski definition) is 4. The molecule has 0 aliphatic carbocycles. The first kappa shape index (κ1) is 30.5. The third kappa shape index (κ3) is 7.34. The molecule has 2 unspecified atom stereocenters. The number of carbonyl (C=O) groups excluding carboxylic acids is 5. The molecule has 1 saturated heterocycles. The Kier molecular flexibility index (Phi) is 9.51. The number of alkyl halides is 3. The number of Topliss-reactive ketones (excluding diaryl/α,β-unsaturated/α-hetero) is 1. The highest BCUT2D eigenvalue weighted by molar-refractivity contribution is 6.38. The lowest BCUT2D eigenvalue weighted by Gasteiger charge is -2.21. The molecule has 214 valence electrons. The normalized spacial score (nSPS) is 18.3. The maximum atomic E-state index is 13.3. The Hall–Kier alpha value is -4.00. The number of halogens is 4. The van der Waals surface area contributed by atoms with Crippen LogP contribution in [0.4, 0.5) is 18.9 Å². The van der Waals surface area contributed by atoms with Gasteiger partial charge in [0.05, 0.1) is 23.2 Å². The van der Waals surface area contributed by atoms with Crippen molar-refractivity contribution in [1.82, 2.24) is 20.9 Å². The summed E-state index contributed by atoms with van der Waals surface area (Å²) in [6.07, 6.45) is -3.42. The van der Waals surface area contributed by atoms with E-state index in [4.69, 9.17) is 11.6 Å². The molecule has 0 saturated carbocycles. The number of nitrogens with one attached hydrogen (secondary N) is 4. The van der Waals surface area contributed by atoms with E-state index in [1.807, 2.05) is 0 Å². The van der Waals surface area contributed by atoms with E-state index >= 15 is 0 Å². The molecule has 1 aliphatic heterocycles. The van der Waals surface area contributed by atoms with Gasteiger partial charge in [-0.3, -0.25) is 29.0 Å². The highest BCUT2D eigenvalue weighted by Gasteiger charge is 2.36. The zero-order chi connectivity index (χ0) is 29.8. The van der Waals surface area contributed by atoms with Gasteiger partial charge in [0.15, 0.2) is 0 Å². The summed E-state index contributed by atoms with van der Waals surface area (Å²) in [5.74, 6) is -5.31. The zero-order valence-corrected chi connectivity index (χ0v) is 22.4. The van der Waals surface area contributed by atoms with E-state index in [-0.39, 0.29) is 40.2 Å². The molecule has 10 nitrogen and oxygen atoms in total. The first-order chi connectivity index (χ1) is 18.7. The number of hydrogen-bond acceptors (Lipinski definition) is 6. The van der Waals surface area contributed by atoms with Crippen molar-refractivity contribution in [3.05, 3.63) is 58.4 Å². The van der Waals surface area contributed by atoms with Gasteiger partial charge in [-0.1, -0.05) is 17.7 Å². The topological polar surface area (TPSA) is 146 Å². The Labute approximate surface area is 232 Å². The smallest absolute Gasteiger partial charge is 0.353 e. The van der Waals surface area contributed by atoms with Gasteiger partial charge in [0.2, 0.25) is 17.6 Å². The maximum Gasteiger partial charge on any atom is 0.433 e. The van der Waals surface area contributed by atoms with Crippen molar-refractivity contribution in [2.24, 2.45) is 5.92 Å². The van der Waals surface area contributed by atoms with E-state index in [9.17, 15) is 37.1 Å². The van der Waals surface area contributed by atoms with Crippen LogP contribution in [0, 0.1) is 5.92 Å². The van der Waals surface area contributed by atoms with Crippen LogP contribution in [0.25, 0.3) is 0 Å². The Balaban J connectivity index is 1.82. The lowest BCUT2D eigenvalue weighted by atomic mass is 9.93. The average molecular weight is 582 g/mol. The van der Waals surface area contributed by atoms with Crippen LogP contribution in [0.2, 0.25) is 5.02 Å². The number of carbonyl (C=O) groups is 5. The molecular formula is C26H27ClF3N5O5. The Bertz CT molecular complexity index is 1320. The predicted octanol–water partition coefficient (Wildman–Crippen LogP) is 2.82. The highest BCUT2D eigenvalue weighted by atomic mass is 35.5. The third-order valence-electron chi connectivity index (χ3n) is 6.44. The first-order valence-corrected chi connectivity index (χ1v) is 12.6. The molecule has 14 heteroatoms. The van der Waals surface area contributed by atoms with E-state index in [2.05, 4.69) is 26.3 Å². The number of aromatic nitrogens is 1. The molecule has 1 aromatic heterocycles. The lowest BCUT2D eigenvalue weighted by molar-refractivity contribution is -0.141. The SMILES string of the molecule is CNC(=O)C(=O)C(C[C@@H]1C[C@@H](C)NC1=O)NC(=O)c1cc(Cl)ccc1NC(=O)C(C)c1ccc(C(F)(F)F)nc1. The Morgan fingerprint density at radius 2 is 1.88 bits per heavy atom. The standard InChI is InChI=1S/C26H27ClF3N5O5/c1-12-8-15(23(38)33-12)9-19(21(36)25(40)31-3)35-24(39)17-10-16(27)5-6-18(17)34-22(37)13(2)14-4-7-20(32-11-14)26(28,29)30/h4-7,10-13,15,19H,8-9H2,1-3H3,(H,31,40)(H,33,38)(H,34,37)(H,35,39)/t12-,13?,15+,19?/m1/s1. The minimum Gasteiger partial charge on any atom is -0.353 e. The minimum absolute atomic E-state index is 0.00278. The minimum atomic E-state index is -4.63. The Morgan fingerprint density at radius 3 is 2.42 bits per heavy atom. The third-order valence-corrected chi connectivity index (χ3v) is 6.68. The largest absolute Gasteiger partial charge is 0.433 e. The van der Waals surface area contributed by atoms with Gasteiger partial charge in [0.1, 0.15) is 5.69 Å². The van der Waals surface area contributed by atoms with Gasteiger partial charge < -0.3 is 21.3 Å². The number of nitrogens with zero attached hydrogens (tertiary/aromatic N) is 1. The second-order valence-electron chi connectivity index (χ2n) is 9.42. The number of anilines is 1. The van der Waals surface area contributed by atoms with Gasteiger partial charge in [0.25, 0.3) is 11.8 Å². The predicted molar refractivity (Wildman–Crippen MR) is 138 cm³/mol. The number of benzene rings is 1. The molecule has 4 N–H and O–H groups in total. The number of amides is 4. The second-order valence-corrected chi connectivity index (χ2v) is 9.86. The molecule has 3 rings (SSSR count). The van der Waals surface area contributed by atoms with Gasteiger partial charge in [-0.25, -0.2) is 0 Å². The maximum absolute atomic E-state index is 13.3. The van der Waals surface area contributed by atoms with Gasteiger partial charge in [-0.15, -0.1) is 0 Å². The van der Waals surface area contributed by atoms with Crippen LogP contribution in [-0.2, 0) is 25.4 Å². The summed E-state index contributed by atoms with van der Waals surface area (Å²) < 4.78 is 38.5. The van der Waals surface area contributed by atoms with Gasteiger partial charge >= 0.3 is 6.18 Å². The molecule has 1 aromatic carbocycles. The van der Waals surface area contributed by atoms with Crippen LogP contribution >= 0.6 is 11.6 Å². The van der Waals surface area contributed by atoms with Crippen molar-refractivity contribution in [1.29, 1.82) is 0 Å². The van der Waals surface area contributed by atoms with Crippen LogP contribution in [0.3, 0.4) is 0 Å². The van der Waals surface area contributed by atoms with Crippen molar-refractivity contribution >= 4 is 46.7 Å². The van der Waals surface area contributed by atoms with Crippen molar-refractivity contribution in [3.8, 4) is 0 Å². The molecule has 40 heavy (non-hydrogen) atoms. The fourth-order valence-electron chi connectivity index (χ4n) is 4.22. The second kappa shape index (κ2) is 12.5. The summed E-state index contributed by atoms with van der Waals surface area (Å²) in [6.45, 7) is 3.23. The summed E-state index contributed by atoms with van der Waals surface area (Å²) in [7, 11) is 1.25. The molecule has 4 atom stereocenters. The molecule has 0 radical (unpaired) electrons. The summed E-state index contributed by atoms with van der Waals surface area (Å²) in [4.78, 5) is 66.7. The molecule has 1 aliphatic rings. The summed E-state index contributed by atoms with van der Waals surface area (Å²) in [6, 6.07) is 4.38. The van der Waals surface area contributed by atoms with Crippen LogP contribution < -0.4 is 21.3 Å². The number of ketones is 1. The fourth-order valence-corrected chi connectivity index (χ4v) is 4.40. The summed E-state index contributed by atoms with van der Waals surface area (Å²) in [5, 5.41) is 10.1. The van der Waals surface area contributed by atoms with Crippen molar-refractivity contribution in [2.75, 3.05) is 12.4 Å². The van der Waals surface area contributed by atoms with Crippen LogP contribution in [0.5, 0.6) is 0 Å². The number of pyridine rings is 1. The van der Waals surface area contributed by atoms with Crippen LogP contribution in [0.15, 0.2) is 36.5 Å². The summed E-state index contributed by atoms with van der Waals surface area (Å²) in [5.41, 5.74) is -1.05. The number of likely N-dealkylation sites (N-methyl/N-ethyl adjacent to an activating group) is 1. The van der Waals surface area contributed by atoms with E-state index in [0.29, 0.717) is 6.42 Å². The lowest BCUT2D eigenvalue weighted by Crippen LogP contribution is -2.48. The quantitative estimate of drug-likeness (QED) is 0.335. The van der Waals surface area contributed by atoms with Gasteiger partial charge in [0, 0.05) is 30.2 Å². The molecule has 2 aromatic rings. The van der Waals surface area contributed by atoms with Crippen LogP contribution in [-0.4, -0.2) is 53.5 Å². The zero-order valence-electron chi connectivity index (χ0n) is 21.7. The van der Waals surface area contributed by atoms with E-state index in [1.165, 1.54) is 32.2 Å². The fraction of sp³-hybridized carbons (Fsp3) is 0.385. The van der Waals surface area contributed by atoms with E-state index < -0.39 is 53.3 Å². The van der Waals surface area contributed by atoms with Crippen LogP contribution in [0.1, 0.15) is 54.2 Å².